The van der Waals surface area contributed by atoms with Crippen molar-refractivity contribution in [3.63, 3.8) is 0 Å². The van der Waals surface area contributed by atoms with Crippen molar-refractivity contribution in [3.8, 4) is 0 Å². The molecule has 0 aliphatic carbocycles. The SMILES string of the molecule is CCC(NC(=O)c1cnn(C(C)(C)C)c1)(C(=O)O)c1ccccc1. The smallest absolute Gasteiger partial charge is 0.334 e. The fourth-order valence-electron chi connectivity index (χ4n) is 2.49. The van der Waals surface area contributed by atoms with Gasteiger partial charge in [-0.05, 0) is 32.8 Å². The van der Waals surface area contributed by atoms with Crippen LogP contribution in [-0.4, -0.2) is 26.8 Å². The van der Waals surface area contributed by atoms with E-state index in [4.69, 9.17) is 0 Å². The Morgan fingerprint density at radius 1 is 1.21 bits per heavy atom. The van der Waals surface area contributed by atoms with E-state index < -0.39 is 17.4 Å². The summed E-state index contributed by atoms with van der Waals surface area (Å²) in [6.07, 6.45) is 3.31. The average molecular weight is 329 g/mol. The number of aliphatic carboxylic acids is 1. The van der Waals surface area contributed by atoms with Gasteiger partial charge in [0.2, 0.25) is 0 Å². The van der Waals surface area contributed by atoms with Crippen molar-refractivity contribution >= 4 is 11.9 Å². The maximum Gasteiger partial charge on any atom is 0.334 e. The first-order chi connectivity index (χ1) is 11.2. The third-order valence-corrected chi connectivity index (χ3v) is 4.02. The summed E-state index contributed by atoms with van der Waals surface area (Å²) in [4.78, 5) is 24.6. The third-order valence-electron chi connectivity index (χ3n) is 4.02. The minimum atomic E-state index is -1.47. The van der Waals surface area contributed by atoms with Gasteiger partial charge in [-0.3, -0.25) is 9.48 Å². The Kier molecular flexibility index (Phi) is 4.78. The zero-order valence-electron chi connectivity index (χ0n) is 14.4. The van der Waals surface area contributed by atoms with Crippen LogP contribution in [-0.2, 0) is 15.9 Å². The molecule has 1 atom stereocenters. The van der Waals surface area contributed by atoms with Crippen LogP contribution >= 0.6 is 0 Å². The van der Waals surface area contributed by atoms with Crippen molar-refractivity contribution in [1.82, 2.24) is 15.1 Å². The van der Waals surface area contributed by atoms with Crippen molar-refractivity contribution in [2.45, 2.75) is 45.2 Å². The Hall–Kier alpha value is -2.63. The van der Waals surface area contributed by atoms with Gasteiger partial charge in [0.05, 0.1) is 17.3 Å². The number of rotatable bonds is 5. The minimum Gasteiger partial charge on any atom is -0.479 e. The lowest BCUT2D eigenvalue weighted by Crippen LogP contribution is -2.51. The van der Waals surface area contributed by atoms with Crippen LogP contribution in [0.3, 0.4) is 0 Å². The largest absolute Gasteiger partial charge is 0.479 e. The molecule has 0 aliphatic rings. The molecule has 1 unspecified atom stereocenters. The second-order valence-corrected chi connectivity index (χ2v) is 6.73. The predicted octanol–water partition coefficient (Wildman–Crippen LogP) is 2.76. The summed E-state index contributed by atoms with van der Waals surface area (Å²) >= 11 is 0. The van der Waals surface area contributed by atoms with Crippen LogP contribution in [0.15, 0.2) is 42.7 Å². The number of carbonyl (C=O) groups is 2. The number of carboxylic acid groups (broad SMARTS) is 1. The number of carboxylic acids is 1. The van der Waals surface area contributed by atoms with Crippen LogP contribution in [0, 0.1) is 0 Å². The number of hydrogen-bond donors (Lipinski definition) is 2. The summed E-state index contributed by atoms with van der Waals surface area (Å²) in [5.74, 6) is -1.55. The molecule has 0 saturated heterocycles. The number of nitrogens with zero attached hydrogens (tertiary/aromatic N) is 2. The Morgan fingerprint density at radius 3 is 2.29 bits per heavy atom. The fourth-order valence-corrected chi connectivity index (χ4v) is 2.49. The Morgan fingerprint density at radius 2 is 1.83 bits per heavy atom. The molecule has 24 heavy (non-hydrogen) atoms. The molecule has 0 radical (unpaired) electrons. The van der Waals surface area contributed by atoms with Gasteiger partial charge in [-0.15, -0.1) is 0 Å². The van der Waals surface area contributed by atoms with Crippen LogP contribution in [0.2, 0.25) is 0 Å². The molecule has 0 fully saturated rings. The van der Waals surface area contributed by atoms with Gasteiger partial charge < -0.3 is 10.4 Å². The van der Waals surface area contributed by atoms with Gasteiger partial charge in [-0.25, -0.2) is 4.79 Å². The number of nitrogens with one attached hydrogen (secondary N) is 1. The lowest BCUT2D eigenvalue weighted by molar-refractivity contribution is -0.145. The van der Waals surface area contributed by atoms with E-state index in [9.17, 15) is 14.7 Å². The first-order valence-electron chi connectivity index (χ1n) is 7.87. The zero-order chi connectivity index (χ0) is 18.0. The molecule has 1 amide bonds. The van der Waals surface area contributed by atoms with Crippen LogP contribution in [0.1, 0.15) is 50.0 Å². The molecule has 6 nitrogen and oxygen atoms in total. The molecule has 0 aliphatic heterocycles. The predicted molar refractivity (Wildman–Crippen MR) is 90.7 cm³/mol. The first kappa shape index (κ1) is 17.7. The molecule has 0 bridgehead atoms. The normalized spacial score (nSPS) is 14.0. The first-order valence-corrected chi connectivity index (χ1v) is 7.87. The third kappa shape index (κ3) is 3.32. The van der Waals surface area contributed by atoms with Gasteiger partial charge in [0.25, 0.3) is 5.91 Å². The summed E-state index contributed by atoms with van der Waals surface area (Å²) in [7, 11) is 0. The van der Waals surface area contributed by atoms with Crippen LogP contribution in [0.25, 0.3) is 0 Å². The van der Waals surface area contributed by atoms with Gasteiger partial charge in [0.15, 0.2) is 5.54 Å². The highest BCUT2D eigenvalue weighted by Gasteiger charge is 2.40. The topological polar surface area (TPSA) is 84.2 Å². The molecule has 2 N–H and O–H groups in total. The maximum atomic E-state index is 12.6. The number of aromatic nitrogens is 2. The number of amides is 1. The van der Waals surface area contributed by atoms with Gasteiger partial charge in [0, 0.05) is 6.20 Å². The molecule has 1 aromatic carbocycles. The summed E-state index contributed by atoms with van der Waals surface area (Å²) in [5.41, 5.74) is -0.856. The minimum absolute atomic E-state index is 0.228. The molecule has 2 rings (SSSR count). The summed E-state index contributed by atoms with van der Waals surface area (Å²) in [6, 6.07) is 8.73. The molecule has 0 spiro atoms. The Balaban J connectivity index is 2.35. The highest BCUT2D eigenvalue weighted by atomic mass is 16.4. The molecule has 128 valence electrons. The highest BCUT2D eigenvalue weighted by molar-refractivity contribution is 5.97. The molecule has 2 aromatic rings. The monoisotopic (exact) mass is 329 g/mol. The second-order valence-electron chi connectivity index (χ2n) is 6.73. The van der Waals surface area contributed by atoms with Crippen molar-refractivity contribution in [2.75, 3.05) is 0 Å². The van der Waals surface area contributed by atoms with E-state index in [0.29, 0.717) is 11.1 Å². The van der Waals surface area contributed by atoms with Gasteiger partial charge in [-0.1, -0.05) is 37.3 Å². The molecule has 6 heteroatoms. The fraction of sp³-hybridized carbons (Fsp3) is 0.389. The standard InChI is InChI=1S/C18H23N3O3/c1-5-18(16(23)24,14-9-7-6-8-10-14)20-15(22)13-11-19-21(12-13)17(2,3)4/h6-12H,5H2,1-4H3,(H,20,22)(H,23,24). The van der Waals surface area contributed by atoms with E-state index in [0.717, 1.165) is 0 Å². The van der Waals surface area contributed by atoms with Crippen molar-refractivity contribution in [2.24, 2.45) is 0 Å². The van der Waals surface area contributed by atoms with E-state index >= 15 is 0 Å². The Labute approximate surface area is 141 Å². The summed E-state index contributed by atoms with van der Waals surface area (Å²) < 4.78 is 1.68. The van der Waals surface area contributed by atoms with Crippen LogP contribution < -0.4 is 5.32 Å². The van der Waals surface area contributed by atoms with E-state index in [1.807, 2.05) is 20.8 Å². The molecular weight excluding hydrogens is 306 g/mol. The molecular formula is C18H23N3O3. The Bertz CT molecular complexity index is 731. The summed E-state index contributed by atoms with van der Waals surface area (Å²) in [6.45, 7) is 7.65. The van der Waals surface area contributed by atoms with Crippen molar-refractivity contribution in [3.05, 3.63) is 53.9 Å². The number of benzene rings is 1. The van der Waals surface area contributed by atoms with E-state index in [-0.39, 0.29) is 12.0 Å². The van der Waals surface area contributed by atoms with E-state index in [1.165, 1.54) is 6.20 Å². The summed E-state index contributed by atoms with van der Waals surface area (Å²) in [5, 5.41) is 16.6. The average Bonchev–Trinajstić information content (AvgIpc) is 3.03. The van der Waals surface area contributed by atoms with Crippen LogP contribution in [0.5, 0.6) is 0 Å². The van der Waals surface area contributed by atoms with Gasteiger partial charge in [-0.2, -0.15) is 5.10 Å². The molecule has 1 aromatic heterocycles. The maximum absolute atomic E-state index is 12.6. The molecule has 0 saturated carbocycles. The quantitative estimate of drug-likeness (QED) is 0.883. The lowest BCUT2D eigenvalue weighted by Gasteiger charge is -2.29. The lowest BCUT2D eigenvalue weighted by atomic mass is 9.87. The van der Waals surface area contributed by atoms with Crippen LogP contribution in [0.4, 0.5) is 0 Å². The van der Waals surface area contributed by atoms with E-state index in [2.05, 4.69) is 10.4 Å². The highest BCUT2D eigenvalue weighted by Crippen LogP contribution is 2.26. The number of carbonyl (C=O) groups excluding carboxylic acids is 1. The second kappa shape index (κ2) is 6.47. The van der Waals surface area contributed by atoms with Gasteiger partial charge >= 0.3 is 5.97 Å². The zero-order valence-corrected chi connectivity index (χ0v) is 14.4. The van der Waals surface area contributed by atoms with Gasteiger partial charge in [0.1, 0.15) is 0 Å². The molecule has 1 heterocycles. The van der Waals surface area contributed by atoms with Crippen molar-refractivity contribution < 1.29 is 14.7 Å². The van der Waals surface area contributed by atoms with Crippen molar-refractivity contribution in [1.29, 1.82) is 0 Å². The van der Waals surface area contributed by atoms with E-state index in [1.54, 1.807) is 48.1 Å². The number of hydrogen-bond acceptors (Lipinski definition) is 3.